The van der Waals surface area contributed by atoms with Crippen LogP contribution in [0.15, 0.2) is 85.5 Å². The quantitative estimate of drug-likeness (QED) is 0.528. The third kappa shape index (κ3) is 5.69. The summed E-state index contributed by atoms with van der Waals surface area (Å²) in [7, 11) is 0. The summed E-state index contributed by atoms with van der Waals surface area (Å²) in [5.74, 6) is 0.226. The standard InChI is InChI=1S/C24H26N4O/c1-17(27-23(29)18-5-7-19(8-6-18)24(2,3)4)26-20-9-11-21(12-10-20)28-22-13-15-25-16-14-22/h5-16,26H,1H2,2-4H3,(H,25,28)(H,27,29). The zero-order valence-corrected chi connectivity index (χ0v) is 17.0. The van der Waals surface area contributed by atoms with Crippen LogP contribution in [0.4, 0.5) is 17.1 Å². The normalized spacial score (nSPS) is 10.9. The van der Waals surface area contributed by atoms with Crippen LogP contribution in [0.2, 0.25) is 0 Å². The number of rotatable bonds is 6. The van der Waals surface area contributed by atoms with Crippen molar-refractivity contribution in [1.29, 1.82) is 0 Å². The van der Waals surface area contributed by atoms with E-state index in [0.717, 1.165) is 17.1 Å². The van der Waals surface area contributed by atoms with Crippen molar-refractivity contribution in [3.05, 3.63) is 96.6 Å². The second kappa shape index (κ2) is 8.61. The summed E-state index contributed by atoms with van der Waals surface area (Å²) in [4.78, 5) is 16.4. The van der Waals surface area contributed by atoms with Crippen molar-refractivity contribution in [2.75, 3.05) is 10.6 Å². The van der Waals surface area contributed by atoms with Crippen molar-refractivity contribution in [3.63, 3.8) is 0 Å². The van der Waals surface area contributed by atoms with Crippen LogP contribution >= 0.6 is 0 Å². The van der Waals surface area contributed by atoms with E-state index in [1.807, 2.05) is 60.7 Å². The number of benzene rings is 2. The van der Waals surface area contributed by atoms with E-state index in [9.17, 15) is 4.79 Å². The van der Waals surface area contributed by atoms with Crippen molar-refractivity contribution in [2.24, 2.45) is 0 Å². The van der Waals surface area contributed by atoms with E-state index in [1.165, 1.54) is 5.56 Å². The number of hydrogen-bond acceptors (Lipinski definition) is 4. The van der Waals surface area contributed by atoms with Gasteiger partial charge in [0.1, 0.15) is 5.82 Å². The average molecular weight is 386 g/mol. The number of aromatic nitrogens is 1. The van der Waals surface area contributed by atoms with Gasteiger partial charge < -0.3 is 16.0 Å². The molecule has 0 bridgehead atoms. The Morgan fingerprint density at radius 3 is 1.97 bits per heavy atom. The summed E-state index contributed by atoms with van der Waals surface area (Å²) in [5.41, 5.74) is 4.59. The lowest BCUT2D eigenvalue weighted by atomic mass is 9.87. The molecule has 1 amide bonds. The lowest BCUT2D eigenvalue weighted by Crippen LogP contribution is -2.26. The Bertz CT molecular complexity index is 972. The highest BCUT2D eigenvalue weighted by molar-refractivity contribution is 5.95. The minimum atomic E-state index is -0.195. The minimum absolute atomic E-state index is 0.0541. The molecule has 0 aliphatic carbocycles. The van der Waals surface area contributed by atoms with Crippen LogP contribution in [0, 0.1) is 0 Å². The monoisotopic (exact) mass is 386 g/mol. The van der Waals surface area contributed by atoms with Gasteiger partial charge in [-0.3, -0.25) is 9.78 Å². The lowest BCUT2D eigenvalue weighted by molar-refractivity contribution is 0.0966. The molecule has 148 valence electrons. The van der Waals surface area contributed by atoms with Gasteiger partial charge >= 0.3 is 0 Å². The summed E-state index contributed by atoms with van der Waals surface area (Å²) in [6.07, 6.45) is 3.48. The molecule has 0 atom stereocenters. The van der Waals surface area contributed by atoms with Crippen LogP contribution in [0.3, 0.4) is 0 Å². The molecule has 29 heavy (non-hydrogen) atoms. The Hall–Kier alpha value is -3.60. The van der Waals surface area contributed by atoms with Gasteiger partial charge in [-0.1, -0.05) is 39.5 Å². The predicted octanol–water partition coefficient (Wildman–Crippen LogP) is 5.44. The molecule has 0 radical (unpaired) electrons. The van der Waals surface area contributed by atoms with E-state index in [-0.39, 0.29) is 11.3 Å². The minimum Gasteiger partial charge on any atom is -0.355 e. The summed E-state index contributed by atoms with van der Waals surface area (Å²) in [6, 6.07) is 19.2. The highest BCUT2D eigenvalue weighted by atomic mass is 16.1. The molecule has 3 aromatic rings. The Morgan fingerprint density at radius 1 is 0.828 bits per heavy atom. The van der Waals surface area contributed by atoms with Crippen molar-refractivity contribution in [2.45, 2.75) is 26.2 Å². The van der Waals surface area contributed by atoms with Gasteiger partial charge in [0.05, 0.1) is 0 Å². The topological polar surface area (TPSA) is 66.1 Å². The maximum Gasteiger partial charge on any atom is 0.256 e. The summed E-state index contributed by atoms with van der Waals surface area (Å²) in [6.45, 7) is 10.3. The highest BCUT2D eigenvalue weighted by Crippen LogP contribution is 2.22. The molecule has 1 aromatic heterocycles. The van der Waals surface area contributed by atoms with Crippen LogP contribution in [0.1, 0.15) is 36.7 Å². The van der Waals surface area contributed by atoms with Crippen molar-refractivity contribution < 1.29 is 4.79 Å². The van der Waals surface area contributed by atoms with Gasteiger partial charge in [-0.2, -0.15) is 0 Å². The molecular formula is C24H26N4O. The average Bonchev–Trinajstić information content (AvgIpc) is 2.69. The Balaban J connectivity index is 1.55. The molecule has 0 saturated heterocycles. The summed E-state index contributed by atoms with van der Waals surface area (Å²) >= 11 is 0. The fourth-order valence-corrected chi connectivity index (χ4v) is 2.78. The van der Waals surface area contributed by atoms with E-state index >= 15 is 0 Å². The Morgan fingerprint density at radius 2 is 1.38 bits per heavy atom. The molecule has 5 nitrogen and oxygen atoms in total. The van der Waals surface area contributed by atoms with Gasteiger partial charge in [-0.25, -0.2) is 0 Å². The van der Waals surface area contributed by atoms with Crippen LogP contribution in [0.5, 0.6) is 0 Å². The molecule has 0 fully saturated rings. The fraction of sp³-hybridized carbons (Fsp3) is 0.167. The summed E-state index contributed by atoms with van der Waals surface area (Å²) < 4.78 is 0. The van der Waals surface area contributed by atoms with Gasteiger partial charge in [-0.05, 0) is 59.5 Å². The van der Waals surface area contributed by atoms with Crippen molar-refractivity contribution in [1.82, 2.24) is 10.3 Å². The number of amides is 1. The predicted molar refractivity (Wildman–Crippen MR) is 119 cm³/mol. The van der Waals surface area contributed by atoms with Gasteiger partial charge in [0.2, 0.25) is 0 Å². The number of nitrogens with one attached hydrogen (secondary N) is 3. The Kier molecular flexibility index (Phi) is 5.98. The first kappa shape index (κ1) is 20.1. The second-order valence-corrected chi connectivity index (χ2v) is 7.82. The van der Waals surface area contributed by atoms with E-state index < -0.39 is 0 Å². The SMILES string of the molecule is C=C(NC(=O)c1ccc(C(C)(C)C)cc1)Nc1ccc(Nc2ccncc2)cc1. The zero-order valence-electron chi connectivity index (χ0n) is 17.0. The molecule has 1 heterocycles. The fourth-order valence-electron chi connectivity index (χ4n) is 2.78. The summed E-state index contributed by atoms with van der Waals surface area (Å²) in [5, 5.41) is 9.19. The van der Waals surface area contributed by atoms with E-state index in [2.05, 4.69) is 48.3 Å². The molecule has 0 aliphatic rings. The molecule has 0 unspecified atom stereocenters. The first-order valence-electron chi connectivity index (χ1n) is 9.46. The first-order chi connectivity index (χ1) is 13.8. The molecule has 2 aromatic carbocycles. The number of pyridine rings is 1. The van der Waals surface area contributed by atoms with Crippen molar-refractivity contribution >= 4 is 23.0 Å². The molecule has 3 N–H and O–H groups in total. The molecule has 0 spiro atoms. The van der Waals surface area contributed by atoms with Crippen LogP contribution in [-0.4, -0.2) is 10.9 Å². The maximum atomic E-state index is 12.4. The van der Waals surface area contributed by atoms with E-state index in [4.69, 9.17) is 0 Å². The largest absolute Gasteiger partial charge is 0.355 e. The van der Waals surface area contributed by atoms with E-state index in [1.54, 1.807) is 12.4 Å². The van der Waals surface area contributed by atoms with Crippen molar-refractivity contribution in [3.8, 4) is 0 Å². The van der Waals surface area contributed by atoms with Gasteiger partial charge in [-0.15, -0.1) is 0 Å². The Labute approximate surface area is 171 Å². The van der Waals surface area contributed by atoms with Crippen LogP contribution in [-0.2, 0) is 5.41 Å². The number of carbonyl (C=O) groups excluding carboxylic acids is 1. The number of anilines is 3. The van der Waals surface area contributed by atoms with Gasteiger partial charge in [0.15, 0.2) is 0 Å². The lowest BCUT2D eigenvalue weighted by Gasteiger charge is -2.19. The number of nitrogens with zero attached hydrogens (tertiary/aromatic N) is 1. The second-order valence-electron chi connectivity index (χ2n) is 7.82. The molecule has 3 rings (SSSR count). The molecule has 0 aliphatic heterocycles. The highest BCUT2D eigenvalue weighted by Gasteiger charge is 2.14. The van der Waals surface area contributed by atoms with E-state index in [0.29, 0.717) is 11.4 Å². The smallest absolute Gasteiger partial charge is 0.256 e. The third-order valence-electron chi connectivity index (χ3n) is 4.43. The van der Waals surface area contributed by atoms with Crippen LogP contribution in [0.25, 0.3) is 0 Å². The molecular weight excluding hydrogens is 360 g/mol. The van der Waals surface area contributed by atoms with Gasteiger partial charge in [0, 0.05) is 35.0 Å². The molecule has 5 heteroatoms. The molecule has 0 saturated carbocycles. The van der Waals surface area contributed by atoms with Gasteiger partial charge in [0.25, 0.3) is 5.91 Å². The maximum absolute atomic E-state index is 12.4. The number of carbonyl (C=O) groups is 1. The zero-order chi connectivity index (χ0) is 20.9. The number of hydrogen-bond donors (Lipinski definition) is 3. The first-order valence-corrected chi connectivity index (χ1v) is 9.46. The third-order valence-corrected chi connectivity index (χ3v) is 4.43. The van der Waals surface area contributed by atoms with Crippen LogP contribution < -0.4 is 16.0 Å².